The fourth-order valence-corrected chi connectivity index (χ4v) is 1.77. The molecule has 0 unspecified atom stereocenters. The Morgan fingerprint density at radius 1 is 0.611 bits per heavy atom. The molecule has 3 rings (SSSR count). The molecule has 0 spiro atoms. The van der Waals surface area contributed by atoms with E-state index in [2.05, 4.69) is 15.0 Å². The van der Waals surface area contributed by atoms with Gasteiger partial charge in [-0.25, -0.2) is 0 Å². The second-order valence-electron chi connectivity index (χ2n) is 3.89. The lowest BCUT2D eigenvalue weighted by Gasteiger charge is -2.02. The smallest absolute Gasteiger partial charge is 0.0900 e. The summed E-state index contributed by atoms with van der Waals surface area (Å²) in [5.41, 5.74) is 3.89. The largest absolute Gasteiger partial charge is 0.261 e. The minimum atomic E-state index is 0.838. The third kappa shape index (κ3) is 2.11. The molecular weight excluding hydrogens is 222 g/mol. The van der Waals surface area contributed by atoms with Crippen molar-refractivity contribution in [3.63, 3.8) is 0 Å². The van der Waals surface area contributed by atoms with Crippen LogP contribution in [0.25, 0.3) is 22.5 Å². The van der Waals surface area contributed by atoms with Crippen molar-refractivity contribution in [1.82, 2.24) is 15.0 Å². The third-order valence-electron chi connectivity index (χ3n) is 2.69. The van der Waals surface area contributed by atoms with Gasteiger partial charge in [0.05, 0.1) is 17.6 Å². The van der Waals surface area contributed by atoms with Crippen LogP contribution in [0.15, 0.2) is 67.3 Å². The molecule has 0 saturated heterocycles. The zero-order chi connectivity index (χ0) is 12.2. The third-order valence-corrected chi connectivity index (χ3v) is 2.69. The molecule has 86 valence electrons. The minimum Gasteiger partial charge on any atom is -0.261 e. The summed E-state index contributed by atoms with van der Waals surface area (Å²) in [6, 6.07) is 14.1. The van der Waals surface area contributed by atoms with Gasteiger partial charge in [-0.1, -0.05) is 30.3 Å². The fraction of sp³-hybridized carbons (Fsp3) is 0. The molecule has 0 aliphatic heterocycles. The van der Waals surface area contributed by atoms with Crippen LogP contribution in [0.5, 0.6) is 0 Å². The van der Waals surface area contributed by atoms with Gasteiger partial charge >= 0.3 is 0 Å². The molecule has 0 aliphatic carbocycles. The topological polar surface area (TPSA) is 38.7 Å². The Morgan fingerprint density at radius 3 is 2.17 bits per heavy atom. The molecule has 0 radical (unpaired) electrons. The Morgan fingerprint density at radius 2 is 1.50 bits per heavy atom. The Labute approximate surface area is 105 Å². The van der Waals surface area contributed by atoms with E-state index in [9.17, 15) is 0 Å². The first-order chi connectivity index (χ1) is 8.93. The lowest BCUT2D eigenvalue weighted by atomic mass is 10.1. The molecule has 0 bridgehead atoms. The second-order valence-corrected chi connectivity index (χ2v) is 3.89. The summed E-state index contributed by atoms with van der Waals surface area (Å²) in [4.78, 5) is 12.8. The van der Waals surface area contributed by atoms with E-state index >= 15 is 0 Å². The first-order valence-corrected chi connectivity index (χ1v) is 5.71. The molecule has 3 heteroatoms. The normalized spacial score (nSPS) is 10.2. The molecule has 2 aromatic heterocycles. The quantitative estimate of drug-likeness (QED) is 0.682. The van der Waals surface area contributed by atoms with Crippen molar-refractivity contribution >= 4 is 0 Å². The number of aromatic nitrogens is 3. The van der Waals surface area contributed by atoms with E-state index in [1.54, 1.807) is 18.6 Å². The fourth-order valence-electron chi connectivity index (χ4n) is 1.77. The van der Waals surface area contributed by atoms with Gasteiger partial charge in [-0.05, 0) is 12.1 Å². The SMILES string of the molecule is c1ccc(-c2ccc(-c3cnccn3)cn2)cc1. The summed E-state index contributed by atoms with van der Waals surface area (Å²) in [6.07, 6.45) is 6.90. The van der Waals surface area contributed by atoms with Crippen molar-refractivity contribution in [2.75, 3.05) is 0 Å². The van der Waals surface area contributed by atoms with E-state index < -0.39 is 0 Å². The molecular formula is C15H11N3. The van der Waals surface area contributed by atoms with Crippen LogP contribution in [0.3, 0.4) is 0 Å². The average molecular weight is 233 g/mol. The first kappa shape index (κ1) is 10.6. The Kier molecular flexibility index (Phi) is 2.80. The number of pyridine rings is 1. The summed E-state index contributed by atoms with van der Waals surface area (Å²) in [5.74, 6) is 0. The molecule has 0 aliphatic rings. The molecule has 0 fully saturated rings. The highest BCUT2D eigenvalue weighted by Crippen LogP contribution is 2.20. The van der Waals surface area contributed by atoms with E-state index in [1.165, 1.54) is 0 Å². The highest BCUT2D eigenvalue weighted by Gasteiger charge is 2.01. The van der Waals surface area contributed by atoms with Crippen LogP contribution < -0.4 is 0 Å². The van der Waals surface area contributed by atoms with Crippen LogP contribution in [-0.4, -0.2) is 15.0 Å². The molecule has 3 aromatic rings. The van der Waals surface area contributed by atoms with Gasteiger partial charge in [0.15, 0.2) is 0 Å². The van der Waals surface area contributed by atoms with Crippen molar-refractivity contribution in [3.05, 3.63) is 67.3 Å². The predicted octanol–water partition coefficient (Wildman–Crippen LogP) is 3.21. The Hall–Kier alpha value is -2.55. The monoisotopic (exact) mass is 233 g/mol. The molecule has 2 heterocycles. The summed E-state index contributed by atoms with van der Waals surface area (Å²) in [5, 5.41) is 0. The van der Waals surface area contributed by atoms with Gasteiger partial charge in [0.25, 0.3) is 0 Å². The van der Waals surface area contributed by atoms with Gasteiger partial charge in [0.2, 0.25) is 0 Å². The molecule has 18 heavy (non-hydrogen) atoms. The number of rotatable bonds is 2. The highest BCUT2D eigenvalue weighted by atomic mass is 14.8. The summed E-state index contributed by atoms with van der Waals surface area (Å²) in [6.45, 7) is 0. The van der Waals surface area contributed by atoms with Crippen molar-refractivity contribution < 1.29 is 0 Å². The average Bonchev–Trinajstić information content (AvgIpc) is 2.49. The number of nitrogens with zero attached hydrogens (tertiary/aromatic N) is 3. The van der Waals surface area contributed by atoms with Gasteiger partial charge in [0.1, 0.15) is 0 Å². The minimum absolute atomic E-state index is 0.838. The van der Waals surface area contributed by atoms with Crippen LogP contribution in [0.4, 0.5) is 0 Å². The summed E-state index contributed by atoms with van der Waals surface area (Å²) < 4.78 is 0. The second kappa shape index (κ2) is 4.75. The van der Waals surface area contributed by atoms with Gasteiger partial charge in [-0.2, -0.15) is 0 Å². The zero-order valence-corrected chi connectivity index (χ0v) is 9.69. The number of benzene rings is 1. The predicted molar refractivity (Wildman–Crippen MR) is 70.7 cm³/mol. The van der Waals surface area contributed by atoms with E-state index in [-0.39, 0.29) is 0 Å². The van der Waals surface area contributed by atoms with E-state index in [1.807, 2.05) is 48.7 Å². The molecule has 1 aromatic carbocycles. The molecule has 3 nitrogen and oxygen atoms in total. The lowest BCUT2D eigenvalue weighted by Crippen LogP contribution is -1.87. The van der Waals surface area contributed by atoms with Crippen LogP contribution in [0.1, 0.15) is 0 Å². The zero-order valence-electron chi connectivity index (χ0n) is 9.69. The molecule has 0 N–H and O–H groups in total. The van der Waals surface area contributed by atoms with Gasteiger partial charge in [-0.3, -0.25) is 15.0 Å². The highest BCUT2D eigenvalue weighted by molar-refractivity contribution is 5.63. The Balaban J connectivity index is 1.95. The first-order valence-electron chi connectivity index (χ1n) is 5.71. The number of hydrogen-bond acceptors (Lipinski definition) is 3. The van der Waals surface area contributed by atoms with E-state index in [4.69, 9.17) is 0 Å². The summed E-state index contributed by atoms with van der Waals surface area (Å²) in [7, 11) is 0. The molecule has 0 saturated carbocycles. The van der Waals surface area contributed by atoms with E-state index in [0.717, 1.165) is 22.5 Å². The van der Waals surface area contributed by atoms with Crippen molar-refractivity contribution in [2.24, 2.45) is 0 Å². The number of hydrogen-bond donors (Lipinski definition) is 0. The van der Waals surface area contributed by atoms with Crippen LogP contribution in [0, 0.1) is 0 Å². The van der Waals surface area contributed by atoms with Crippen molar-refractivity contribution in [2.45, 2.75) is 0 Å². The van der Waals surface area contributed by atoms with Crippen LogP contribution >= 0.6 is 0 Å². The van der Waals surface area contributed by atoms with E-state index in [0.29, 0.717) is 0 Å². The van der Waals surface area contributed by atoms with Crippen molar-refractivity contribution in [1.29, 1.82) is 0 Å². The van der Waals surface area contributed by atoms with Crippen LogP contribution in [-0.2, 0) is 0 Å². The maximum absolute atomic E-state index is 4.46. The molecule has 0 amide bonds. The lowest BCUT2D eigenvalue weighted by molar-refractivity contribution is 1.20. The standard InChI is InChI=1S/C15H11N3/c1-2-4-12(5-3-1)14-7-6-13(10-18-14)15-11-16-8-9-17-15/h1-11H. The molecule has 0 atom stereocenters. The van der Waals surface area contributed by atoms with Crippen molar-refractivity contribution in [3.8, 4) is 22.5 Å². The maximum Gasteiger partial charge on any atom is 0.0900 e. The van der Waals surface area contributed by atoms with Gasteiger partial charge in [-0.15, -0.1) is 0 Å². The summed E-state index contributed by atoms with van der Waals surface area (Å²) >= 11 is 0. The van der Waals surface area contributed by atoms with Gasteiger partial charge < -0.3 is 0 Å². The maximum atomic E-state index is 4.46. The Bertz CT molecular complexity index is 560. The van der Waals surface area contributed by atoms with Crippen LogP contribution in [0.2, 0.25) is 0 Å². The van der Waals surface area contributed by atoms with Gasteiger partial charge in [0, 0.05) is 29.7 Å².